The Kier molecular flexibility index (Phi) is 13.2. The van der Waals surface area contributed by atoms with E-state index < -0.39 is 98.3 Å². The zero-order valence-electron chi connectivity index (χ0n) is 27.2. The molecule has 2 heterocycles. The van der Waals surface area contributed by atoms with E-state index in [1.165, 1.54) is 0 Å². The predicted octanol–water partition coefficient (Wildman–Crippen LogP) is 1.27. The van der Waals surface area contributed by atoms with Crippen LogP contribution >= 0.6 is 0 Å². The fourth-order valence-corrected chi connectivity index (χ4v) is 7.17. The summed E-state index contributed by atoms with van der Waals surface area (Å²) in [6.07, 6.45) is -8.97. The van der Waals surface area contributed by atoms with Crippen LogP contribution in [0.5, 0.6) is 0 Å². The maximum absolute atomic E-state index is 13.4. The van der Waals surface area contributed by atoms with Crippen molar-refractivity contribution in [3.05, 3.63) is 35.9 Å². The van der Waals surface area contributed by atoms with Gasteiger partial charge in [0.15, 0.2) is 24.8 Å². The molecule has 0 radical (unpaired) electrons. The standard InChI is InChI=1S/C34H50O14/c1-18-25(36)27(38)28(39)33(43-18)45-21-14-8-9-15-22(21)46-34-30(48-32(42)20-12-6-3-7-13-20)29(26(37)24(17-35)47-34)44-23(31(40)41)16-19-10-4-2-5-11-19/h3,6-7,12-13,18-19,21-30,33-39H,2,4-5,8-11,14-17H2,1H3,(H,40,41)/t18-,21+,22+,23-,24+,25+,26-,27+,28-,29-,30+,33-,34+/m0/s1. The van der Waals surface area contributed by atoms with E-state index in [0.29, 0.717) is 12.8 Å². The van der Waals surface area contributed by atoms with Crippen LogP contribution in [-0.2, 0) is 33.2 Å². The molecule has 4 fully saturated rings. The first-order chi connectivity index (χ1) is 23.1. The van der Waals surface area contributed by atoms with E-state index in [9.17, 15) is 40.2 Å². The number of aliphatic hydroxyl groups is 5. The van der Waals surface area contributed by atoms with E-state index in [1.807, 2.05) is 0 Å². The SMILES string of the molecule is C[C@@H]1O[C@@H](O[C@@H]2CCCC[C@H]2O[C@@H]2O[C@H](CO)[C@H](O)[C@H](O[C@@H](CC3CCCCC3)C(=O)O)[C@H]2OC(=O)c2ccccc2)[C@@H](O)[C@H](O)[C@@H]1O. The molecule has 1 aromatic carbocycles. The molecule has 14 nitrogen and oxygen atoms in total. The van der Waals surface area contributed by atoms with E-state index in [1.54, 1.807) is 37.3 Å². The van der Waals surface area contributed by atoms with Crippen LogP contribution in [0.1, 0.15) is 81.5 Å². The van der Waals surface area contributed by atoms with E-state index in [4.69, 9.17) is 28.4 Å². The number of carbonyl (C=O) groups is 2. The van der Waals surface area contributed by atoms with Crippen LogP contribution in [0.2, 0.25) is 0 Å². The molecule has 4 aliphatic rings. The van der Waals surface area contributed by atoms with E-state index in [-0.39, 0.29) is 17.9 Å². The topological polar surface area (TPSA) is 211 Å². The largest absolute Gasteiger partial charge is 0.479 e. The molecular weight excluding hydrogens is 632 g/mol. The number of carboxylic acids is 1. The van der Waals surface area contributed by atoms with E-state index in [0.717, 1.165) is 44.9 Å². The number of esters is 1. The normalized spacial score (nSPS) is 38.6. The molecule has 270 valence electrons. The molecule has 1 aromatic rings. The maximum atomic E-state index is 13.4. The summed E-state index contributed by atoms with van der Waals surface area (Å²) in [7, 11) is 0. The van der Waals surface area contributed by atoms with Crippen LogP contribution in [0, 0.1) is 5.92 Å². The maximum Gasteiger partial charge on any atom is 0.338 e. The van der Waals surface area contributed by atoms with Gasteiger partial charge in [-0.3, -0.25) is 0 Å². The molecule has 0 bridgehead atoms. The lowest BCUT2D eigenvalue weighted by Crippen LogP contribution is -2.63. The number of rotatable bonds is 12. The van der Waals surface area contributed by atoms with Crippen LogP contribution < -0.4 is 0 Å². The third kappa shape index (κ3) is 8.91. The van der Waals surface area contributed by atoms with Gasteiger partial charge in [0.2, 0.25) is 0 Å². The van der Waals surface area contributed by atoms with Gasteiger partial charge in [0.25, 0.3) is 0 Å². The molecular formula is C34H50O14. The van der Waals surface area contributed by atoms with Gasteiger partial charge in [-0.2, -0.15) is 0 Å². The summed E-state index contributed by atoms with van der Waals surface area (Å²) in [5, 5.41) is 62.7. The highest BCUT2D eigenvalue weighted by Gasteiger charge is 2.52. The number of hydrogen-bond donors (Lipinski definition) is 6. The van der Waals surface area contributed by atoms with Gasteiger partial charge in [-0.05, 0) is 44.2 Å². The molecule has 13 atom stereocenters. The average Bonchev–Trinajstić information content (AvgIpc) is 3.09. The smallest absolute Gasteiger partial charge is 0.338 e. The first-order valence-electron chi connectivity index (χ1n) is 17.2. The lowest BCUT2D eigenvalue weighted by atomic mass is 9.85. The molecule has 2 saturated heterocycles. The highest BCUT2D eigenvalue weighted by atomic mass is 16.7. The van der Waals surface area contributed by atoms with Gasteiger partial charge >= 0.3 is 11.9 Å². The lowest BCUT2D eigenvalue weighted by Gasteiger charge is -2.46. The van der Waals surface area contributed by atoms with Crippen LogP contribution in [0.15, 0.2) is 30.3 Å². The first-order valence-corrected chi connectivity index (χ1v) is 17.2. The molecule has 0 spiro atoms. The fourth-order valence-electron chi connectivity index (χ4n) is 7.17. The highest BCUT2D eigenvalue weighted by Crippen LogP contribution is 2.36. The zero-order chi connectivity index (χ0) is 34.4. The second kappa shape index (κ2) is 17.1. The van der Waals surface area contributed by atoms with Crippen LogP contribution in [-0.4, -0.2) is 129 Å². The monoisotopic (exact) mass is 682 g/mol. The fraction of sp³-hybridized carbons (Fsp3) is 0.765. The van der Waals surface area contributed by atoms with Crippen molar-refractivity contribution in [3.8, 4) is 0 Å². The van der Waals surface area contributed by atoms with Gasteiger partial charge < -0.3 is 59.1 Å². The molecule has 2 aliphatic carbocycles. The van der Waals surface area contributed by atoms with Crippen molar-refractivity contribution < 1.29 is 68.6 Å². The molecule has 0 aromatic heterocycles. The zero-order valence-corrected chi connectivity index (χ0v) is 27.2. The number of aliphatic hydroxyl groups excluding tert-OH is 5. The molecule has 0 unspecified atom stereocenters. The van der Waals surface area contributed by atoms with Gasteiger partial charge in [-0.15, -0.1) is 0 Å². The third-order valence-electron chi connectivity index (χ3n) is 9.99. The van der Waals surface area contributed by atoms with Gasteiger partial charge in [0.05, 0.1) is 30.5 Å². The Morgan fingerprint density at radius 2 is 1.42 bits per heavy atom. The second-order valence-electron chi connectivity index (χ2n) is 13.4. The van der Waals surface area contributed by atoms with E-state index in [2.05, 4.69) is 0 Å². The minimum Gasteiger partial charge on any atom is -0.479 e. The summed E-state index contributed by atoms with van der Waals surface area (Å²) in [6, 6.07) is 8.12. The Hall–Kier alpha value is -2.24. The minimum absolute atomic E-state index is 0.114. The Bertz CT molecular complexity index is 1160. The number of carboxylic acid groups (broad SMARTS) is 1. The van der Waals surface area contributed by atoms with Crippen molar-refractivity contribution in [3.63, 3.8) is 0 Å². The summed E-state index contributed by atoms with van der Waals surface area (Å²) in [6.45, 7) is 0.886. The quantitative estimate of drug-likeness (QED) is 0.172. The van der Waals surface area contributed by atoms with Crippen LogP contribution in [0.3, 0.4) is 0 Å². The minimum atomic E-state index is -1.57. The third-order valence-corrected chi connectivity index (χ3v) is 9.99. The van der Waals surface area contributed by atoms with Crippen molar-refractivity contribution in [1.29, 1.82) is 0 Å². The summed E-state index contributed by atoms with van der Waals surface area (Å²) >= 11 is 0. The van der Waals surface area contributed by atoms with Crippen LogP contribution in [0.4, 0.5) is 0 Å². The summed E-state index contributed by atoms with van der Waals surface area (Å²) in [5.41, 5.74) is 0.197. The molecule has 2 aliphatic heterocycles. The summed E-state index contributed by atoms with van der Waals surface area (Å²) < 4.78 is 36.2. The van der Waals surface area contributed by atoms with E-state index >= 15 is 0 Å². The van der Waals surface area contributed by atoms with Gasteiger partial charge in [-0.25, -0.2) is 9.59 Å². The van der Waals surface area contributed by atoms with Crippen molar-refractivity contribution in [2.45, 2.75) is 151 Å². The molecule has 0 amide bonds. The molecule has 2 saturated carbocycles. The molecule has 14 heteroatoms. The highest BCUT2D eigenvalue weighted by molar-refractivity contribution is 5.89. The molecule has 5 rings (SSSR count). The van der Waals surface area contributed by atoms with Crippen molar-refractivity contribution in [2.24, 2.45) is 5.92 Å². The number of benzene rings is 1. The Labute approximate surface area is 279 Å². The van der Waals surface area contributed by atoms with Crippen LogP contribution in [0.25, 0.3) is 0 Å². The van der Waals surface area contributed by atoms with Crippen molar-refractivity contribution in [2.75, 3.05) is 6.61 Å². The Morgan fingerprint density at radius 3 is 2.04 bits per heavy atom. The average molecular weight is 683 g/mol. The Balaban J connectivity index is 1.40. The number of carbonyl (C=O) groups excluding carboxylic acids is 1. The number of aliphatic carboxylic acids is 1. The number of hydrogen-bond acceptors (Lipinski definition) is 13. The lowest BCUT2D eigenvalue weighted by molar-refractivity contribution is -0.344. The predicted molar refractivity (Wildman–Crippen MR) is 165 cm³/mol. The van der Waals surface area contributed by atoms with Gasteiger partial charge in [-0.1, -0.05) is 63.1 Å². The molecule has 48 heavy (non-hydrogen) atoms. The van der Waals surface area contributed by atoms with Crippen molar-refractivity contribution >= 4 is 11.9 Å². The molecule has 6 N–H and O–H groups in total. The van der Waals surface area contributed by atoms with Gasteiger partial charge in [0, 0.05) is 0 Å². The van der Waals surface area contributed by atoms with Gasteiger partial charge in [0.1, 0.15) is 36.6 Å². The summed E-state index contributed by atoms with van der Waals surface area (Å²) in [4.78, 5) is 25.9. The first kappa shape index (κ1) is 37.0. The van der Waals surface area contributed by atoms with Crippen molar-refractivity contribution in [1.82, 2.24) is 0 Å². The second-order valence-corrected chi connectivity index (χ2v) is 13.4. The number of ether oxygens (including phenoxy) is 6. The Morgan fingerprint density at radius 1 is 0.792 bits per heavy atom. The summed E-state index contributed by atoms with van der Waals surface area (Å²) in [5.74, 6) is -1.89.